The maximum Gasteiger partial charge on any atom is 0.160 e. The van der Waals surface area contributed by atoms with Crippen LogP contribution in [0.15, 0.2) is 170 Å². The van der Waals surface area contributed by atoms with Crippen molar-refractivity contribution in [3.63, 3.8) is 0 Å². The first kappa shape index (κ1) is 30.3. The molecule has 0 aliphatic heterocycles. The number of benzene rings is 7. The first-order valence-corrected chi connectivity index (χ1v) is 19.1. The summed E-state index contributed by atoms with van der Waals surface area (Å²) in [6, 6.07) is 55.6. The first-order valence-electron chi connectivity index (χ1n) is 18.3. The van der Waals surface area contributed by atoms with E-state index < -0.39 is 0 Å². The van der Waals surface area contributed by atoms with E-state index >= 15 is 0 Å². The van der Waals surface area contributed by atoms with Crippen LogP contribution in [0.4, 0.5) is 0 Å². The maximum atomic E-state index is 5.16. The Morgan fingerprint density at radius 1 is 0.455 bits per heavy atom. The molecule has 0 bridgehead atoms. The van der Waals surface area contributed by atoms with Gasteiger partial charge in [0.2, 0.25) is 0 Å². The van der Waals surface area contributed by atoms with Gasteiger partial charge in [-0.15, -0.1) is 11.3 Å². The molecule has 0 spiro atoms. The average molecular weight is 721 g/mol. The molecule has 55 heavy (non-hydrogen) atoms. The highest BCUT2D eigenvalue weighted by Crippen LogP contribution is 2.50. The van der Waals surface area contributed by atoms with Crippen molar-refractivity contribution in [2.75, 3.05) is 0 Å². The first-order chi connectivity index (χ1) is 27.3. The molecule has 5 heterocycles. The summed E-state index contributed by atoms with van der Waals surface area (Å²) in [6.07, 6.45) is 3.64. The van der Waals surface area contributed by atoms with Crippen LogP contribution in [0, 0.1) is 0 Å². The van der Waals surface area contributed by atoms with Gasteiger partial charge in [0.1, 0.15) is 11.2 Å². The molecule has 0 fully saturated rings. The van der Waals surface area contributed by atoms with Gasteiger partial charge in [-0.05, 0) is 54.6 Å². The lowest BCUT2D eigenvalue weighted by Gasteiger charge is -2.13. The fourth-order valence-electron chi connectivity index (χ4n) is 8.57. The van der Waals surface area contributed by atoms with Crippen LogP contribution in [0.1, 0.15) is 0 Å². The number of hydrogen-bond donors (Lipinski definition) is 0. The minimum atomic E-state index is 0.702. The van der Waals surface area contributed by atoms with Crippen LogP contribution in [0.3, 0.4) is 0 Å². The van der Waals surface area contributed by atoms with E-state index in [1.165, 1.54) is 37.1 Å². The predicted octanol–water partition coefficient (Wildman–Crippen LogP) is 12.3. The summed E-state index contributed by atoms with van der Waals surface area (Å²) in [5.41, 5.74) is 10.7. The molecule has 5 aromatic heterocycles. The fourth-order valence-corrected chi connectivity index (χ4v) is 9.75. The predicted molar refractivity (Wildman–Crippen MR) is 228 cm³/mol. The Hall–Kier alpha value is -7.22. The standard InChI is InChI=1S/C48H28N6S/c1-3-13-29(14-4-1)43-33-17-7-10-20-37(33)51-47(52-43)30-23-25-32(26-24-30)54-39-22-12-9-19-35(39)41-44(54)40-34-18-8-11-21-38(34)53(31-15-5-2-6-16-31)45(40)42-36-27-49-28-50-48(36)55-46(41)42/h1-28H. The zero-order valence-electron chi connectivity index (χ0n) is 29.3. The molecule has 0 aliphatic rings. The van der Waals surface area contributed by atoms with E-state index in [0.717, 1.165) is 65.9 Å². The third-order valence-corrected chi connectivity index (χ3v) is 12.0. The Kier molecular flexibility index (Phi) is 6.40. The molecule has 0 radical (unpaired) electrons. The molecule has 0 amide bonds. The van der Waals surface area contributed by atoms with Crippen LogP contribution in [-0.4, -0.2) is 29.1 Å². The minimum absolute atomic E-state index is 0.702. The molecule has 7 aromatic carbocycles. The Morgan fingerprint density at radius 2 is 1.04 bits per heavy atom. The summed E-state index contributed by atoms with van der Waals surface area (Å²) in [5, 5.41) is 8.13. The van der Waals surface area contributed by atoms with Crippen LogP contribution in [0.25, 0.3) is 109 Å². The quantitative estimate of drug-likeness (QED) is 0.182. The van der Waals surface area contributed by atoms with Gasteiger partial charge in [-0.25, -0.2) is 19.9 Å². The SMILES string of the molecule is c1ccc(-c2nc(-c3ccc(-n4c5ccccc5c5c6sc7ncncc7c6c6c(c7ccccc7n6-c6ccccc6)c54)cc3)nc3ccccc23)cc1. The monoisotopic (exact) mass is 720 g/mol. The van der Waals surface area contributed by atoms with Gasteiger partial charge in [-0.1, -0.05) is 103 Å². The smallest absolute Gasteiger partial charge is 0.160 e. The Labute approximate surface area is 318 Å². The van der Waals surface area contributed by atoms with Gasteiger partial charge in [-0.3, -0.25) is 0 Å². The largest absolute Gasteiger partial charge is 0.308 e. The van der Waals surface area contributed by atoms with Crippen molar-refractivity contribution < 1.29 is 0 Å². The number of hydrogen-bond acceptors (Lipinski definition) is 5. The second-order valence-corrected chi connectivity index (χ2v) is 14.9. The number of thiophene rings is 1. The normalized spacial score (nSPS) is 12.0. The van der Waals surface area contributed by atoms with Gasteiger partial charge >= 0.3 is 0 Å². The molecule has 12 rings (SSSR count). The molecular formula is C48H28N6S. The molecule has 0 aliphatic carbocycles. The summed E-state index contributed by atoms with van der Waals surface area (Å²) >= 11 is 1.75. The highest BCUT2D eigenvalue weighted by Gasteiger charge is 2.27. The van der Waals surface area contributed by atoms with Crippen LogP contribution in [-0.2, 0) is 0 Å². The third-order valence-electron chi connectivity index (χ3n) is 10.9. The van der Waals surface area contributed by atoms with Gasteiger partial charge in [0.25, 0.3) is 0 Å². The van der Waals surface area contributed by atoms with Crippen molar-refractivity contribution in [2.45, 2.75) is 0 Å². The third kappa shape index (κ3) is 4.35. The molecule has 6 nitrogen and oxygen atoms in total. The zero-order valence-corrected chi connectivity index (χ0v) is 30.1. The minimum Gasteiger partial charge on any atom is -0.308 e. The zero-order chi connectivity index (χ0) is 36.0. The molecule has 0 saturated carbocycles. The van der Waals surface area contributed by atoms with Crippen molar-refractivity contribution in [1.82, 2.24) is 29.1 Å². The van der Waals surface area contributed by atoms with Gasteiger partial charge in [-0.2, -0.15) is 0 Å². The van der Waals surface area contributed by atoms with E-state index in [0.29, 0.717) is 5.82 Å². The molecular weight excluding hydrogens is 693 g/mol. The van der Waals surface area contributed by atoms with Crippen molar-refractivity contribution in [3.8, 4) is 34.0 Å². The molecule has 12 aromatic rings. The van der Waals surface area contributed by atoms with Gasteiger partial charge in [0.05, 0.1) is 33.3 Å². The Morgan fingerprint density at radius 3 is 1.76 bits per heavy atom. The van der Waals surface area contributed by atoms with Crippen molar-refractivity contribution in [2.24, 2.45) is 0 Å². The van der Waals surface area contributed by atoms with E-state index in [1.54, 1.807) is 17.7 Å². The lowest BCUT2D eigenvalue weighted by atomic mass is 10.0. The summed E-state index contributed by atoms with van der Waals surface area (Å²) < 4.78 is 6.09. The Bertz CT molecular complexity index is 3470. The van der Waals surface area contributed by atoms with E-state index in [-0.39, 0.29) is 0 Å². The number of fused-ring (bicyclic) bond motifs is 13. The number of aromatic nitrogens is 6. The van der Waals surface area contributed by atoms with E-state index in [2.05, 4.69) is 154 Å². The number of rotatable bonds is 4. The van der Waals surface area contributed by atoms with Crippen LogP contribution >= 0.6 is 11.3 Å². The molecule has 0 N–H and O–H groups in total. The van der Waals surface area contributed by atoms with Crippen molar-refractivity contribution >= 4 is 86.2 Å². The van der Waals surface area contributed by atoms with Crippen LogP contribution in [0.5, 0.6) is 0 Å². The number of para-hydroxylation sites is 4. The summed E-state index contributed by atoms with van der Waals surface area (Å²) in [6.45, 7) is 0. The van der Waals surface area contributed by atoms with Crippen molar-refractivity contribution in [3.05, 3.63) is 170 Å². The van der Waals surface area contributed by atoms with E-state index in [9.17, 15) is 0 Å². The van der Waals surface area contributed by atoms with Gasteiger partial charge < -0.3 is 9.13 Å². The van der Waals surface area contributed by atoms with Crippen LogP contribution in [0.2, 0.25) is 0 Å². The lowest BCUT2D eigenvalue weighted by molar-refractivity contribution is 1.17. The molecule has 7 heteroatoms. The average Bonchev–Trinajstić information content (AvgIpc) is 3.92. The summed E-state index contributed by atoms with van der Waals surface area (Å²) in [7, 11) is 0. The Balaban J connectivity index is 1.18. The lowest BCUT2D eigenvalue weighted by Crippen LogP contribution is -1.97. The van der Waals surface area contributed by atoms with E-state index in [1.807, 2.05) is 24.4 Å². The topological polar surface area (TPSA) is 61.4 Å². The van der Waals surface area contributed by atoms with Gasteiger partial charge in [0, 0.05) is 71.1 Å². The molecule has 256 valence electrons. The molecule has 0 saturated heterocycles. The van der Waals surface area contributed by atoms with Crippen LogP contribution < -0.4 is 0 Å². The van der Waals surface area contributed by atoms with Crippen molar-refractivity contribution in [1.29, 1.82) is 0 Å². The van der Waals surface area contributed by atoms with E-state index in [4.69, 9.17) is 15.0 Å². The second-order valence-electron chi connectivity index (χ2n) is 13.9. The molecule has 0 atom stereocenters. The maximum absolute atomic E-state index is 5.16. The highest BCUT2D eigenvalue weighted by molar-refractivity contribution is 7.26. The second kappa shape index (κ2) is 11.6. The summed E-state index contributed by atoms with van der Waals surface area (Å²) in [5.74, 6) is 0.702. The summed E-state index contributed by atoms with van der Waals surface area (Å²) in [4.78, 5) is 20.5. The van der Waals surface area contributed by atoms with Gasteiger partial charge in [0.15, 0.2) is 5.82 Å². The highest BCUT2D eigenvalue weighted by atomic mass is 32.1. The fraction of sp³-hybridized carbons (Fsp3) is 0. The molecule has 0 unspecified atom stereocenters. The number of nitrogens with zero attached hydrogens (tertiary/aromatic N) is 6.